The monoisotopic (exact) mass is 186 g/mol. The predicted molar refractivity (Wildman–Crippen MR) is 59.3 cm³/mol. The second-order valence-electron chi connectivity index (χ2n) is 3.52. The largest absolute Gasteiger partial charge is 0.402 e. The van der Waals surface area contributed by atoms with Gasteiger partial charge in [0.2, 0.25) is 0 Å². The summed E-state index contributed by atoms with van der Waals surface area (Å²) in [6.45, 7) is 0. The third-order valence-electron chi connectivity index (χ3n) is 2.36. The van der Waals surface area contributed by atoms with Crippen LogP contribution in [-0.4, -0.2) is 6.04 Å². The Morgan fingerprint density at radius 1 is 1.07 bits per heavy atom. The van der Waals surface area contributed by atoms with E-state index >= 15 is 0 Å². The van der Waals surface area contributed by atoms with Crippen molar-refractivity contribution < 1.29 is 0 Å². The average molecular weight is 186 g/mol. The Hall–Kier alpha value is -1.54. The Bertz CT molecular complexity index is 381. The van der Waals surface area contributed by atoms with Crippen molar-refractivity contribution >= 4 is 0 Å². The van der Waals surface area contributed by atoms with Crippen molar-refractivity contribution in [2.75, 3.05) is 0 Å². The molecule has 0 aromatic carbocycles. The van der Waals surface area contributed by atoms with Gasteiger partial charge in [-0.2, -0.15) is 0 Å². The maximum Gasteiger partial charge on any atom is 0.0416 e. The molecule has 72 valence electrons. The molecule has 0 spiro atoms. The standard InChI is InChI=1S/C12H14N2/c13-11-5-1-9-2-6-12(14)8-4-10(9)3-7-11/h1-7,11H,8,13-14H2. The van der Waals surface area contributed by atoms with Crippen LogP contribution in [0.2, 0.25) is 0 Å². The summed E-state index contributed by atoms with van der Waals surface area (Å²) in [5.41, 5.74) is 14.8. The molecule has 0 heterocycles. The minimum atomic E-state index is 0.0186. The summed E-state index contributed by atoms with van der Waals surface area (Å²) in [6, 6.07) is 0.0186. The van der Waals surface area contributed by atoms with Gasteiger partial charge < -0.3 is 11.5 Å². The molecule has 1 atom stereocenters. The number of rotatable bonds is 0. The highest BCUT2D eigenvalue weighted by atomic mass is 14.6. The summed E-state index contributed by atoms with van der Waals surface area (Å²) in [5.74, 6) is 0. The third kappa shape index (κ3) is 1.86. The summed E-state index contributed by atoms with van der Waals surface area (Å²) < 4.78 is 0. The molecular weight excluding hydrogens is 172 g/mol. The molecule has 14 heavy (non-hydrogen) atoms. The number of hydrogen-bond donors (Lipinski definition) is 2. The van der Waals surface area contributed by atoms with E-state index < -0.39 is 0 Å². The van der Waals surface area contributed by atoms with Crippen molar-refractivity contribution in [2.45, 2.75) is 12.5 Å². The van der Waals surface area contributed by atoms with Gasteiger partial charge in [0.25, 0.3) is 0 Å². The van der Waals surface area contributed by atoms with Gasteiger partial charge in [-0.1, -0.05) is 36.5 Å². The fourth-order valence-corrected chi connectivity index (χ4v) is 1.52. The van der Waals surface area contributed by atoms with Crippen LogP contribution in [0, 0.1) is 0 Å². The molecular formula is C12H14N2. The van der Waals surface area contributed by atoms with E-state index in [1.807, 2.05) is 30.4 Å². The van der Waals surface area contributed by atoms with Gasteiger partial charge in [0.05, 0.1) is 0 Å². The fourth-order valence-electron chi connectivity index (χ4n) is 1.52. The Morgan fingerprint density at radius 2 is 1.79 bits per heavy atom. The molecule has 0 aromatic heterocycles. The van der Waals surface area contributed by atoms with Crippen LogP contribution in [0.4, 0.5) is 0 Å². The zero-order valence-electron chi connectivity index (χ0n) is 7.98. The Labute approximate surface area is 84.0 Å². The molecule has 2 aliphatic carbocycles. The van der Waals surface area contributed by atoms with Crippen molar-refractivity contribution in [3.63, 3.8) is 0 Å². The Kier molecular flexibility index (Phi) is 2.37. The van der Waals surface area contributed by atoms with Crippen molar-refractivity contribution in [3.05, 3.63) is 59.4 Å². The first kappa shape index (κ1) is 9.03. The molecule has 0 saturated heterocycles. The Morgan fingerprint density at radius 3 is 2.57 bits per heavy atom. The molecule has 0 amide bonds. The van der Waals surface area contributed by atoms with E-state index in [9.17, 15) is 0 Å². The molecule has 0 aliphatic heterocycles. The van der Waals surface area contributed by atoms with Gasteiger partial charge in [0, 0.05) is 18.2 Å². The van der Waals surface area contributed by atoms with Gasteiger partial charge >= 0.3 is 0 Å². The minimum absolute atomic E-state index is 0.0186. The van der Waals surface area contributed by atoms with E-state index in [0.29, 0.717) is 0 Å². The summed E-state index contributed by atoms with van der Waals surface area (Å²) in [6.07, 6.45) is 15.0. The van der Waals surface area contributed by atoms with E-state index in [-0.39, 0.29) is 6.04 Å². The lowest BCUT2D eigenvalue weighted by molar-refractivity contribution is 1.03. The van der Waals surface area contributed by atoms with Crippen molar-refractivity contribution in [2.24, 2.45) is 11.5 Å². The van der Waals surface area contributed by atoms with Crippen LogP contribution in [0.1, 0.15) is 6.42 Å². The number of hydrogen-bond acceptors (Lipinski definition) is 2. The first-order chi connectivity index (χ1) is 6.75. The summed E-state index contributed by atoms with van der Waals surface area (Å²) in [4.78, 5) is 0. The van der Waals surface area contributed by atoms with E-state index in [1.165, 1.54) is 11.1 Å². The second-order valence-corrected chi connectivity index (χ2v) is 3.52. The van der Waals surface area contributed by atoms with Gasteiger partial charge in [-0.15, -0.1) is 0 Å². The highest BCUT2D eigenvalue weighted by Crippen LogP contribution is 2.21. The molecule has 1 unspecified atom stereocenters. The molecule has 4 N–H and O–H groups in total. The van der Waals surface area contributed by atoms with Crippen LogP contribution in [0.15, 0.2) is 59.4 Å². The lowest BCUT2D eigenvalue weighted by Crippen LogP contribution is -2.11. The Balaban J connectivity index is 2.41. The summed E-state index contributed by atoms with van der Waals surface area (Å²) >= 11 is 0. The van der Waals surface area contributed by atoms with Crippen molar-refractivity contribution in [1.29, 1.82) is 0 Å². The van der Waals surface area contributed by atoms with Crippen molar-refractivity contribution in [3.8, 4) is 0 Å². The SMILES string of the molecule is NC1=CC=C2C=CC(N)C=CC2=CC1. The predicted octanol–water partition coefficient (Wildman–Crippen LogP) is 1.54. The molecule has 0 radical (unpaired) electrons. The lowest BCUT2D eigenvalue weighted by atomic mass is 10.1. The molecule has 2 rings (SSSR count). The van der Waals surface area contributed by atoms with Crippen LogP contribution >= 0.6 is 0 Å². The summed E-state index contributed by atoms with van der Waals surface area (Å²) in [7, 11) is 0. The van der Waals surface area contributed by atoms with E-state index in [2.05, 4.69) is 12.2 Å². The maximum atomic E-state index is 5.79. The van der Waals surface area contributed by atoms with Crippen LogP contribution in [0.3, 0.4) is 0 Å². The van der Waals surface area contributed by atoms with Gasteiger partial charge in [0.1, 0.15) is 0 Å². The number of fused-ring (bicyclic) bond motifs is 1. The topological polar surface area (TPSA) is 52.0 Å². The molecule has 0 saturated carbocycles. The first-order valence-electron chi connectivity index (χ1n) is 4.74. The molecule has 0 aromatic rings. The fraction of sp³-hybridized carbons (Fsp3) is 0.167. The van der Waals surface area contributed by atoms with E-state index in [4.69, 9.17) is 11.5 Å². The molecule has 2 nitrogen and oxygen atoms in total. The smallest absolute Gasteiger partial charge is 0.0416 e. The zero-order chi connectivity index (χ0) is 9.97. The van der Waals surface area contributed by atoms with Gasteiger partial charge in [-0.3, -0.25) is 0 Å². The zero-order valence-corrected chi connectivity index (χ0v) is 7.98. The molecule has 2 aliphatic rings. The molecule has 2 heteroatoms. The highest BCUT2D eigenvalue weighted by Gasteiger charge is 2.05. The van der Waals surface area contributed by atoms with Gasteiger partial charge in [-0.05, 0) is 17.2 Å². The van der Waals surface area contributed by atoms with Crippen molar-refractivity contribution in [1.82, 2.24) is 0 Å². The first-order valence-corrected chi connectivity index (χ1v) is 4.74. The van der Waals surface area contributed by atoms with Gasteiger partial charge in [-0.25, -0.2) is 0 Å². The van der Waals surface area contributed by atoms with E-state index in [1.54, 1.807) is 0 Å². The van der Waals surface area contributed by atoms with Crippen LogP contribution < -0.4 is 11.5 Å². The van der Waals surface area contributed by atoms with Gasteiger partial charge in [0.15, 0.2) is 0 Å². The van der Waals surface area contributed by atoms with Crippen LogP contribution in [-0.2, 0) is 0 Å². The number of nitrogens with two attached hydrogens (primary N) is 2. The maximum absolute atomic E-state index is 5.79. The van der Waals surface area contributed by atoms with Crippen LogP contribution in [0.5, 0.6) is 0 Å². The normalized spacial score (nSPS) is 25.5. The average Bonchev–Trinajstić information content (AvgIpc) is 2.44. The highest BCUT2D eigenvalue weighted by molar-refractivity contribution is 5.52. The van der Waals surface area contributed by atoms with Crippen LogP contribution in [0.25, 0.3) is 0 Å². The quantitative estimate of drug-likeness (QED) is 0.603. The minimum Gasteiger partial charge on any atom is -0.402 e. The molecule has 0 fully saturated rings. The second kappa shape index (κ2) is 3.68. The lowest BCUT2D eigenvalue weighted by Gasteiger charge is -1.98. The van der Waals surface area contributed by atoms with E-state index in [0.717, 1.165) is 12.1 Å². The number of allylic oxidation sites excluding steroid dienone is 7. The molecule has 0 bridgehead atoms. The third-order valence-corrected chi connectivity index (χ3v) is 2.36. The summed E-state index contributed by atoms with van der Waals surface area (Å²) in [5, 5.41) is 0.